The molecule has 0 atom stereocenters. The van der Waals surface area contributed by atoms with Crippen molar-refractivity contribution in [3.05, 3.63) is 71.8 Å². The normalized spacial score (nSPS) is 13.3. The van der Waals surface area contributed by atoms with Crippen LogP contribution in [0.3, 0.4) is 0 Å². The van der Waals surface area contributed by atoms with E-state index >= 15 is 0 Å². The summed E-state index contributed by atoms with van der Waals surface area (Å²) < 4.78 is 10.9. The van der Waals surface area contributed by atoms with Crippen LogP contribution in [0.1, 0.15) is 36.3 Å². The highest BCUT2D eigenvalue weighted by Gasteiger charge is 2.18. The average molecular weight is 506 g/mol. The Balaban J connectivity index is 1.36. The minimum absolute atomic E-state index is 0.290. The van der Waals surface area contributed by atoms with Gasteiger partial charge in [-0.3, -0.25) is 0 Å². The van der Waals surface area contributed by atoms with Gasteiger partial charge in [-0.25, -0.2) is 0 Å². The lowest BCUT2D eigenvalue weighted by atomic mass is 9.88. The molecule has 0 saturated carbocycles. The number of hydrogen-bond acceptors (Lipinski definition) is 9. The number of hydrogen-bond donors (Lipinski definition) is 3. The summed E-state index contributed by atoms with van der Waals surface area (Å²) in [5.74, 6) is 2.16. The van der Waals surface area contributed by atoms with Crippen molar-refractivity contribution in [2.45, 2.75) is 25.2 Å². The fraction of sp³-hybridized carbons (Fsp3) is 0.464. The largest absolute Gasteiger partial charge is 0.378 e. The smallest absolute Gasteiger partial charge is 0.231 e. The summed E-state index contributed by atoms with van der Waals surface area (Å²) in [6.07, 6.45) is 3.24. The molecule has 2 aromatic carbocycles. The molecule has 0 amide bonds. The summed E-state index contributed by atoms with van der Waals surface area (Å²) in [6.45, 7) is 5.98. The predicted molar refractivity (Wildman–Crippen MR) is 148 cm³/mol. The van der Waals surface area contributed by atoms with Crippen molar-refractivity contribution in [3.63, 3.8) is 0 Å². The molecule has 2 heterocycles. The SMILES string of the molecule is NCCOCCOCCNc1nc(NCCC(c2ccccc2)c2ccccc2)nc(N2CCCC2)n1. The van der Waals surface area contributed by atoms with Crippen LogP contribution in [-0.2, 0) is 9.47 Å². The van der Waals surface area contributed by atoms with Crippen molar-refractivity contribution in [1.82, 2.24) is 15.0 Å². The number of rotatable bonds is 16. The van der Waals surface area contributed by atoms with Gasteiger partial charge in [-0.2, -0.15) is 15.0 Å². The highest BCUT2D eigenvalue weighted by atomic mass is 16.5. The first kappa shape index (κ1) is 26.8. The number of nitrogens with two attached hydrogens (primary N) is 1. The molecule has 4 N–H and O–H groups in total. The molecule has 3 aromatic rings. The van der Waals surface area contributed by atoms with Gasteiger partial charge in [0.05, 0.1) is 26.4 Å². The van der Waals surface area contributed by atoms with Crippen molar-refractivity contribution in [3.8, 4) is 0 Å². The fourth-order valence-electron chi connectivity index (χ4n) is 4.45. The monoisotopic (exact) mass is 505 g/mol. The first-order valence-corrected chi connectivity index (χ1v) is 13.3. The molecule has 1 aromatic heterocycles. The van der Waals surface area contributed by atoms with Crippen LogP contribution in [-0.4, -0.2) is 74.1 Å². The summed E-state index contributed by atoms with van der Waals surface area (Å²) in [5.41, 5.74) is 8.03. The zero-order valence-corrected chi connectivity index (χ0v) is 21.5. The van der Waals surface area contributed by atoms with Crippen LogP contribution < -0.4 is 21.3 Å². The molecule has 1 saturated heterocycles. The topological polar surface area (TPSA) is 110 Å². The summed E-state index contributed by atoms with van der Waals surface area (Å²) in [4.78, 5) is 16.3. The fourth-order valence-corrected chi connectivity index (χ4v) is 4.45. The molecule has 9 nitrogen and oxygen atoms in total. The maximum absolute atomic E-state index is 5.61. The quantitative estimate of drug-likeness (QED) is 0.252. The molecular weight excluding hydrogens is 466 g/mol. The van der Waals surface area contributed by atoms with Crippen LogP contribution in [0.25, 0.3) is 0 Å². The first-order valence-electron chi connectivity index (χ1n) is 13.3. The van der Waals surface area contributed by atoms with E-state index in [-0.39, 0.29) is 0 Å². The lowest BCUT2D eigenvalue weighted by molar-refractivity contribution is 0.0547. The molecule has 4 rings (SSSR count). The van der Waals surface area contributed by atoms with Gasteiger partial charge in [-0.15, -0.1) is 0 Å². The van der Waals surface area contributed by atoms with E-state index < -0.39 is 0 Å². The number of anilines is 3. The standard InChI is InChI=1S/C28H39N7O2/c29-14-19-36-21-22-37-20-16-31-27-32-26(33-28(34-27)35-17-7-8-18-35)30-15-13-25(23-9-3-1-4-10-23)24-11-5-2-6-12-24/h1-6,9-12,25H,7-8,13-22,29H2,(H2,30,31,32,33,34). The lowest BCUT2D eigenvalue weighted by Crippen LogP contribution is -2.23. The Morgan fingerprint density at radius 1 is 0.730 bits per heavy atom. The van der Waals surface area contributed by atoms with E-state index in [0.717, 1.165) is 44.8 Å². The van der Waals surface area contributed by atoms with Crippen molar-refractivity contribution in [2.75, 3.05) is 74.7 Å². The number of aromatic nitrogens is 3. The van der Waals surface area contributed by atoms with E-state index in [1.54, 1.807) is 0 Å². The highest BCUT2D eigenvalue weighted by molar-refractivity contribution is 5.44. The molecule has 1 aliphatic rings. The van der Waals surface area contributed by atoms with E-state index in [1.807, 2.05) is 0 Å². The Morgan fingerprint density at radius 2 is 1.30 bits per heavy atom. The van der Waals surface area contributed by atoms with Gasteiger partial charge in [0.1, 0.15) is 0 Å². The number of nitrogens with one attached hydrogen (secondary N) is 2. The minimum Gasteiger partial charge on any atom is -0.378 e. The lowest BCUT2D eigenvalue weighted by Gasteiger charge is -2.20. The van der Waals surface area contributed by atoms with E-state index in [1.165, 1.54) is 11.1 Å². The van der Waals surface area contributed by atoms with Crippen molar-refractivity contribution in [2.24, 2.45) is 5.73 Å². The predicted octanol–water partition coefficient (Wildman–Crippen LogP) is 3.51. The van der Waals surface area contributed by atoms with Gasteiger partial charge in [-0.05, 0) is 30.4 Å². The van der Waals surface area contributed by atoms with Crippen LogP contribution in [0, 0.1) is 0 Å². The third kappa shape index (κ3) is 8.66. The summed E-state index contributed by atoms with van der Waals surface area (Å²) in [6, 6.07) is 21.3. The van der Waals surface area contributed by atoms with Crippen LogP contribution in [0.5, 0.6) is 0 Å². The number of ether oxygens (including phenoxy) is 2. The van der Waals surface area contributed by atoms with E-state index in [0.29, 0.717) is 57.3 Å². The molecule has 37 heavy (non-hydrogen) atoms. The second kappa shape index (κ2) is 15.1. The molecule has 9 heteroatoms. The Kier molecular flexibility index (Phi) is 10.9. The van der Waals surface area contributed by atoms with Gasteiger partial charge in [0, 0.05) is 38.6 Å². The van der Waals surface area contributed by atoms with E-state index in [4.69, 9.17) is 20.2 Å². The maximum Gasteiger partial charge on any atom is 0.231 e. The average Bonchev–Trinajstić information content (AvgIpc) is 3.49. The number of benzene rings is 2. The molecule has 0 aliphatic carbocycles. The summed E-state index contributed by atoms with van der Waals surface area (Å²) in [5, 5.41) is 6.75. The second-order valence-corrected chi connectivity index (χ2v) is 9.01. The Labute approximate surface area is 219 Å². The van der Waals surface area contributed by atoms with Gasteiger partial charge >= 0.3 is 0 Å². The maximum atomic E-state index is 5.61. The van der Waals surface area contributed by atoms with Crippen LogP contribution >= 0.6 is 0 Å². The van der Waals surface area contributed by atoms with Crippen LogP contribution in [0.4, 0.5) is 17.8 Å². The third-order valence-electron chi connectivity index (χ3n) is 6.30. The molecule has 0 unspecified atom stereocenters. The molecule has 1 aliphatic heterocycles. The molecule has 0 spiro atoms. The van der Waals surface area contributed by atoms with Crippen molar-refractivity contribution < 1.29 is 9.47 Å². The molecular formula is C28H39N7O2. The van der Waals surface area contributed by atoms with Gasteiger partial charge < -0.3 is 30.7 Å². The van der Waals surface area contributed by atoms with Gasteiger partial charge in [-0.1, -0.05) is 60.7 Å². The molecule has 0 radical (unpaired) electrons. The summed E-state index contributed by atoms with van der Waals surface area (Å²) in [7, 11) is 0. The molecule has 0 bridgehead atoms. The molecule has 1 fully saturated rings. The van der Waals surface area contributed by atoms with Crippen molar-refractivity contribution in [1.29, 1.82) is 0 Å². The van der Waals surface area contributed by atoms with Gasteiger partial charge in [0.25, 0.3) is 0 Å². The van der Waals surface area contributed by atoms with Gasteiger partial charge in [0.15, 0.2) is 0 Å². The second-order valence-electron chi connectivity index (χ2n) is 9.01. The van der Waals surface area contributed by atoms with E-state index in [9.17, 15) is 0 Å². The van der Waals surface area contributed by atoms with Crippen LogP contribution in [0.15, 0.2) is 60.7 Å². The first-order chi connectivity index (χ1) is 18.3. The minimum atomic E-state index is 0.290. The van der Waals surface area contributed by atoms with Crippen molar-refractivity contribution >= 4 is 17.8 Å². The zero-order chi connectivity index (χ0) is 25.5. The van der Waals surface area contributed by atoms with E-state index in [2.05, 4.69) is 86.2 Å². The molecule has 198 valence electrons. The Bertz CT molecular complexity index is 994. The Hall–Kier alpha value is -3.27. The zero-order valence-electron chi connectivity index (χ0n) is 21.5. The summed E-state index contributed by atoms with van der Waals surface area (Å²) >= 11 is 0. The van der Waals surface area contributed by atoms with Crippen LogP contribution in [0.2, 0.25) is 0 Å². The number of nitrogens with zero attached hydrogens (tertiary/aromatic N) is 4. The van der Waals surface area contributed by atoms with Gasteiger partial charge in [0.2, 0.25) is 17.8 Å². The third-order valence-corrected chi connectivity index (χ3v) is 6.30. The highest BCUT2D eigenvalue weighted by Crippen LogP contribution is 2.28. The Morgan fingerprint density at radius 3 is 1.89 bits per heavy atom.